The number of piperidine rings is 1. The largest absolute Gasteiger partial charge is 0.488 e. The van der Waals surface area contributed by atoms with Gasteiger partial charge < -0.3 is 25.4 Å². The number of carbonyl (C=O) groups excluding carboxylic acids is 1. The highest BCUT2D eigenvalue weighted by Gasteiger charge is 2.33. The number of aliphatic hydroxyl groups is 1. The number of likely N-dealkylation sites (tertiary alicyclic amines) is 1. The third-order valence-corrected chi connectivity index (χ3v) is 10.4. The number of benzene rings is 2. The van der Waals surface area contributed by atoms with Gasteiger partial charge in [0.1, 0.15) is 23.5 Å². The van der Waals surface area contributed by atoms with Crippen molar-refractivity contribution < 1.29 is 23.1 Å². The maximum atomic E-state index is 12.9. The third-order valence-electron chi connectivity index (χ3n) is 7.89. The fraction of sp³-hybridized carbons (Fsp3) is 0.433. The van der Waals surface area contributed by atoms with Crippen LogP contribution in [0, 0.1) is 6.92 Å². The number of ether oxygens (including phenoxy) is 1. The van der Waals surface area contributed by atoms with Gasteiger partial charge >= 0.3 is 0 Å². The number of sulfone groups is 1. The maximum Gasteiger partial charge on any atom is 0.248 e. The van der Waals surface area contributed by atoms with Crippen molar-refractivity contribution in [3.63, 3.8) is 0 Å². The molecule has 12 heteroatoms. The van der Waals surface area contributed by atoms with Crippen molar-refractivity contribution in [2.24, 2.45) is 0 Å². The Morgan fingerprint density at radius 3 is 2.60 bits per heavy atom. The molecule has 42 heavy (non-hydrogen) atoms. The Labute approximate surface area is 251 Å². The second-order valence-electron chi connectivity index (χ2n) is 11.1. The molecular formula is C30H36ClN5O5S. The number of para-hydroxylation sites is 1. The molecule has 224 valence electrons. The lowest BCUT2D eigenvalue weighted by molar-refractivity contribution is -0.135. The molecule has 1 fully saturated rings. The van der Waals surface area contributed by atoms with Crippen LogP contribution >= 0.6 is 11.6 Å². The molecule has 0 saturated carbocycles. The fourth-order valence-corrected chi connectivity index (χ4v) is 7.10. The van der Waals surface area contributed by atoms with Gasteiger partial charge in [-0.25, -0.2) is 13.4 Å². The number of hydrogen-bond acceptors (Lipinski definition) is 9. The van der Waals surface area contributed by atoms with Crippen LogP contribution < -0.4 is 15.4 Å². The normalized spacial score (nSPS) is 17.2. The van der Waals surface area contributed by atoms with Crippen LogP contribution in [0.25, 0.3) is 0 Å². The first-order valence-electron chi connectivity index (χ1n) is 14.1. The SMILES string of the molecule is Cc1cc(Nc2ncc(Cl)c(Nc3ccccc3S(=O)(=O)C(C)C)n2)c2c(c1C1CCN(C(=O)CO)CC1)CC(C)O2. The van der Waals surface area contributed by atoms with E-state index in [-0.39, 0.29) is 39.6 Å². The number of aliphatic hydroxyl groups excluding tert-OH is 1. The topological polar surface area (TPSA) is 134 Å². The minimum Gasteiger partial charge on any atom is -0.488 e. The summed E-state index contributed by atoms with van der Waals surface area (Å²) in [6.07, 6.45) is 3.88. The Balaban J connectivity index is 1.43. The number of aryl methyl sites for hydroxylation is 1. The van der Waals surface area contributed by atoms with Gasteiger partial charge in [0.05, 0.1) is 27.7 Å². The van der Waals surface area contributed by atoms with Crippen molar-refractivity contribution in [3.8, 4) is 5.75 Å². The van der Waals surface area contributed by atoms with E-state index in [2.05, 4.69) is 27.5 Å². The average molecular weight is 614 g/mol. The molecular weight excluding hydrogens is 578 g/mol. The molecule has 1 atom stereocenters. The Morgan fingerprint density at radius 2 is 1.90 bits per heavy atom. The van der Waals surface area contributed by atoms with E-state index in [9.17, 15) is 18.3 Å². The first kappa shape index (κ1) is 30.1. The van der Waals surface area contributed by atoms with Crippen LogP contribution in [-0.2, 0) is 21.1 Å². The van der Waals surface area contributed by atoms with Gasteiger partial charge in [-0.1, -0.05) is 23.7 Å². The molecule has 3 N–H and O–H groups in total. The molecule has 0 spiro atoms. The lowest BCUT2D eigenvalue weighted by Crippen LogP contribution is -2.39. The Morgan fingerprint density at radius 1 is 1.19 bits per heavy atom. The number of aromatic nitrogens is 2. The molecule has 1 aromatic heterocycles. The van der Waals surface area contributed by atoms with Crippen LogP contribution in [0.5, 0.6) is 5.75 Å². The minimum atomic E-state index is -3.55. The second kappa shape index (κ2) is 12.1. The van der Waals surface area contributed by atoms with E-state index in [4.69, 9.17) is 16.3 Å². The molecule has 1 unspecified atom stereocenters. The highest BCUT2D eigenvalue weighted by Crippen LogP contribution is 2.46. The molecule has 1 saturated heterocycles. The standard InChI is InChI=1S/C30H36ClN5O5S/c1-17(2)42(39,40)25-8-6-5-7-23(25)33-29-22(31)15-32-30(35-29)34-24-13-18(3)27(21-14-19(4)41-28(21)24)20-9-11-36(12-10-20)26(38)16-37/h5-8,13,15,17,19-20,37H,9-12,14,16H2,1-4H3,(H2,32,33,34,35). The summed E-state index contributed by atoms with van der Waals surface area (Å²) in [6, 6.07) is 8.70. The number of nitrogens with zero attached hydrogens (tertiary/aromatic N) is 3. The molecule has 2 aromatic carbocycles. The molecule has 1 amide bonds. The first-order chi connectivity index (χ1) is 20.0. The highest BCUT2D eigenvalue weighted by atomic mass is 35.5. The summed E-state index contributed by atoms with van der Waals surface area (Å²) in [5, 5.41) is 15.3. The van der Waals surface area contributed by atoms with E-state index in [1.807, 2.05) is 13.0 Å². The summed E-state index contributed by atoms with van der Waals surface area (Å²) >= 11 is 6.43. The summed E-state index contributed by atoms with van der Waals surface area (Å²) in [4.78, 5) is 22.8. The number of fused-ring (bicyclic) bond motifs is 1. The minimum absolute atomic E-state index is 0.0000672. The summed E-state index contributed by atoms with van der Waals surface area (Å²) in [6.45, 7) is 8.17. The van der Waals surface area contributed by atoms with Crippen LogP contribution in [0.4, 0.5) is 23.1 Å². The van der Waals surface area contributed by atoms with Gasteiger partial charge in [0.25, 0.3) is 0 Å². The molecule has 0 radical (unpaired) electrons. The lowest BCUT2D eigenvalue weighted by Gasteiger charge is -2.33. The van der Waals surface area contributed by atoms with Gasteiger partial charge in [-0.3, -0.25) is 4.79 Å². The van der Waals surface area contributed by atoms with E-state index in [1.54, 1.807) is 43.0 Å². The number of rotatable bonds is 8. The van der Waals surface area contributed by atoms with Crippen LogP contribution in [0.2, 0.25) is 5.02 Å². The second-order valence-corrected chi connectivity index (χ2v) is 14.0. The van der Waals surface area contributed by atoms with Gasteiger partial charge in [0.2, 0.25) is 11.9 Å². The molecule has 2 aliphatic heterocycles. The van der Waals surface area contributed by atoms with E-state index in [1.165, 1.54) is 11.8 Å². The van der Waals surface area contributed by atoms with Crippen LogP contribution in [0.3, 0.4) is 0 Å². The number of halogens is 1. The van der Waals surface area contributed by atoms with E-state index < -0.39 is 21.7 Å². The summed E-state index contributed by atoms with van der Waals surface area (Å²) in [5.74, 6) is 1.37. The third kappa shape index (κ3) is 5.91. The Bertz CT molecular complexity index is 1610. The predicted molar refractivity (Wildman–Crippen MR) is 163 cm³/mol. The number of nitrogens with one attached hydrogen (secondary N) is 2. The van der Waals surface area contributed by atoms with Crippen molar-refractivity contribution >= 4 is 50.5 Å². The van der Waals surface area contributed by atoms with Gasteiger partial charge in [-0.2, -0.15) is 4.98 Å². The number of hydrogen-bond donors (Lipinski definition) is 3. The summed E-state index contributed by atoms with van der Waals surface area (Å²) < 4.78 is 32.2. The zero-order chi connectivity index (χ0) is 30.2. The van der Waals surface area contributed by atoms with E-state index >= 15 is 0 Å². The first-order valence-corrected chi connectivity index (χ1v) is 16.0. The molecule has 2 aliphatic rings. The van der Waals surface area contributed by atoms with Gasteiger partial charge in [0, 0.05) is 25.1 Å². The smallest absolute Gasteiger partial charge is 0.248 e. The predicted octanol–water partition coefficient (Wildman–Crippen LogP) is 5.13. The summed E-state index contributed by atoms with van der Waals surface area (Å²) in [7, 11) is -3.55. The van der Waals surface area contributed by atoms with Crippen molar-refractivity contribution in [1.29, 1.82) is 0 Å². The van der Waals surface area contributed by atoms with Gasteiger partial charge in [-0.15, -0.1) is 0 Å². The van der Waals surface area contributed by atoms with Crippen LogP contribution in [-0.4, -0.2) is 65.3 Å². The number of amides is 1. The molecule has 0 bridgehead atoms. The molecule has 5 rings (SSSR count). The van der Waals surface area contributed by atoms with E-state index in [0.717, 1.165) is 41.8 Å². The van der Waals surface area contributed by atoms with Crippen molar-refractivity contribution in [2.75, 3.05) is 30.3 Å². The van der Waals surface area contributed by atoms with Crippen molar-refractivity contribution in [2.45, 2.75) is 69.1 Å². The van der Waals surface area contributed by atoms with E-state index in [0.29, 0.717) is 18.8 Å². The number of carbonyl (C=O) groups is 1. The zero-order valence-corrected chi connectivity index (χ0v) is 25.7. The fourth-order valence-electron chi connectivity index (χ4n) is 5.76. The van der Waals surface area contributed by atoms with Crippen LogP contribution in [0.1, 0.15) is 56.2 Å². The maximum absolute atomic E-state index is 12.9. The zero-order valence-electron chi connectivity index (χ0n) is 24.1. The Hall–Kier alpha value is -3.41. The van der Waals surface area contributed by atoms with Crippen LogP contribution in [0.15, 0.2) is 41.4 Å². The average Bonchev–Trinajstić information content (AvgIpc) is 3.36. The van der Waals surface area contributed by atoms with Gasteiger partial charge in [0.15, 0.2) is 15.7 Å². The molecule has 0 aliphatic carbocycles. The molecule has 3 aromatic rings. The monoisotopic (exact) mass is 613 g/mol. The quantitative estimate of drug-likeness (QED) is 0.316. The van der Waals surface area contributed by atoms with Crippen molar-refractivity contribution in [3.05, 3.63) is 58.2 Å². The van der Waals surface area contributed by atoms with Gasteiger partial charge in [-0.05, 0) is 75.8 Å². The highest BCUT2D eigenvalue weighted by molar-refractivity contribution is 7.92. The van der Waals surface area contributed by atoms with Crippen molar-refractivity contribution in [1.82, 2.24) is 14.9 Å². The lowest BCUT2D eigenvalue weighted by atomic mass is 9.82. The number of anilines is 4. The Kier molecular flexibility index (Phi) is 8.63. The molecule has 10 nitrogen and oxygen atoms in total. The molecule has 3 heterocycles. The summed E-state index contributed by atoms with van der Waals surface area (Å²) in [5.41, 5.74) is 4.64.